The summed E-state index contributed by atoms with van der Waals surface area (Å²) in [5.41, 5.74) is 18.1. The third-order valence-electron chi connectivity index (χ3n) is 16.9. The molecule has 22 nitrogen and oxygen atoms in total. The number of unbranched alkanes of at least 4 members (excludes halogenated alkanes) is 12. The molecule has 1 aliphatic heterocycles. The first-order chi connectivity index (χ1) is 52.7. The molecule has 0 fully saturated rings. The van der Waals surface area contributed by atoms with Crippen molar-refractivity contribution in [2.45, 2.75) is 218 Å². The molecule has 7 rings (SSSR count). The molecule has 648 valence electrons. The number of halogens is 6. The van der Waals surface area contributed by atoms with Crippen molar-refractivity contribution in [3.8, 4) is 23.0 Å². The molecule has 0 aliphatic carbocycles. The molecule has 8 bridgehead atoms. The van der Waals surface area contributed by atoms with Crippen LogP contribution in [0.15, 0.2) is 117 Å². The fraction of sp³-hybridized carbons (Fsp3) is 0.500. The summed E-state index contributed by atoms with van der Waals surface area (Å²) in [5, 5.41) is 57.7. The number of nitrogens with two attached hydrogens (primary N) is 4. The number of hydrogen-bond acceptors (Lipinski definition) is 20. The van der Waals surface area contributed by atoms with Gasteiger partial charge in [0.1, 0.15) is 0 Å². The van der Waals surface area contributed by atoms with Crippen molar-refractivity contribution in [1.82, 2.24) is 9.80 Å². The molecule has 1 heterocycles. The summed E-state index contributed by atoms with van der Waals surface area (Å²) in [6.07, 6.45) is 26.1. The van der Waals surface area contributed by atoms with Crippen molar-refractivity contribution in [3.05, 3.63) is 164 Å². The quantitative estimate of drug-likeness (QED) is 0.0204. The number of nitrogens with zero attached hydrogens (tertiary/aromatic N) is 6. The van der Waals surface area contributed by atoms with Gasteiger partial charge in [0.2, 0.25) is 12.8 Å². The Morgan fingerprint density at radius 1 is 0.353 bits per heavy atom. The Labute approximate surface area is 704 Å². The van der Waals surface area contributed by atoms with Crippen molar-refractivity contribution in [2.75, 3.05) is 54.4 Å². The molecule has 6 aromatic rings. The van der Waals surface area contributed by atoms with Crippen LogP contribution in [0.1, 0.15) is 240 Å². The van der Waals surface area contributed by atoms with Crippen molar-refractivity contribution in [2.24, 2.45) is 42.9 Å². The standard InChI is InChI=1S/C58H64N4O4.2C9H22N2.2C3H7NO.2CHF3O3S.2Co/c1-55(2,3)43-23-35-21-36-24-44(56(4,5)6)28-40(52(36)64)32-61-49-19-15-16-20-50(49)62-34-42-30-46(58(10,11)12)26-38(54(42)66)22-37-25-45(57(7,8)9)29-41(53(37)65)33-60-48-18-14-13-17-47(48)59-31-39(27-43)51(35)63;2*10-8-6-4-2-1-3-5-7-9-11;2*1-4(2)3-5;2*2-1(3,4)8(5,6)7;;/h13-20,23-34,63-66H,21-22H2,1-12H3;2*1-11H2;2*3H,1-2H3;2*(H,5,6,7);;/q;;;;;;;2*+3/p-6. The Morgan fingerprint density at radius 3 is 0.638 bits per heavy atom. The van der Waals surface area contributed by atoms with E-state index < -0.39 is 31.3 Å². The van der Waals surface area contributed by atoms with Gasteiger partial charge in [-0.25, -0.2) is 16.8 Å². The number of fused-ring (bicyclic) bond motifs is 10. The Bertz CT molecular complexity index is 3840. The van der Waals surface area contributed by atoms with E-state index >= 15 is 0 Å². The first-order valence-corrected chi connectivity index (χ1v) is 40.4. The van der Waals surface area contributed by atoms with Crippen molar-refractivity contribution < 1.29 is 116 Å². The fourth-order valence-electron chi connectivity index (χ4n) is 10.2. The maximum Gasteiger partial charge on any atom is 3.00 e. The number of hydrogen-bond donors (Lipinski definition) is 4. The van der Waals surface area contributed by atoms with E-state index in [-0.39, 0.29) is 91.1 Å². The van der Waals surface area contributed by atoms with Gasteiger partial charge in [0.05, 0.1) is 22.7 Å². The Morgan fingerprint density at radius 2 is 0.509 bits per heavy atom. The van der Waals surface area contributed by atoms with Crippen molar-refractivity contribution in [1.29, 1.82) is 0 Å². The molecular weight excluding hydrogens is 1640 g/mol. The van der Waals surface area contributed by atoms with Crippen LogP contribution < -0.4 is 43.4 Å². The summed E-state index contributed by atoms with van der Waals surface area (Å²) in [6, 6.07) is 29.8. The van der Waals surface area contributed by atoms with Gasteiger partial charge in [0, 0.05) is 53.0 Å². The van der Waals surface area contributed by atoms with E-state index in [1.54, 1.807) is 53.0 Å². The topological polar surface area (TPSA) is 401 Å². The number of aliphatic imine (C=N–C) groups is 4. The fourth-order valence-corrected chi connectivity index (χ4v) is 10.2. The minimum atomic E-state index is -6.09. The van der Waals surface area contributed by atoms with Gasteiger partial charge in [-0.1, -0.05) is 265 Å². The van der Waals surface area contributed by atoms with Crippen LogP contribution in [-0.4, -0.2) is 139 Å². The number of alkyl halides is 6. The van der Waals surface area contributed by atoms with E-state index in [1.807, 2.05) is 97.1 Å². The number of benzene rings is 6. The van der Waals surface area contributed by atoms with E-state index in [9.17, 15) is 56.4 Å². The molecule has 6 aromatic carbocycles. The van der Waals surface area contributed by atoms with Gasteiger partial charge in [-0.2, -0.15) is 26.3 Å². The molecule has 116 heavy (non-hydrogen) atoms. The Balaban J connectivity index is 0. The number of para-hydroxylation sites is 4. The number of carbonyl (C=O) groups excluding carboxylic acids is 2. The van der Waals surface area contributed by atoms with Crippen LogP contribution >= 0.6 is 0 Å². The van der Waals surface area contributed by atoms with Gasteiger partial charge in [0.25, 0.3) is 0 Å². The average Bonchev–Trinajstić information content (AvgIpc) is 0.781. The molecule has 8 N–H and O–H groups in total. The van der Waals surface area contributed by atoms with Crippen LogP contribution in [0.2, 0.25) is 0 Å². The zero-order valence-corrected chi connectivity index (χ0v) is 73.2. The van der Waals surface area contributed by atoms with Crippen molar-refractivity contribution in [3.63, 3.8) is 0 Å². The minimum Gasteiger partial charge on any atom is -0.872 e. The molecule has 0 aromatic heterocycles. The second-order valence-electron chi connectivity index (χ2n) is 31.6. The molecule has 1 aliphatic rings. The summed E-state index contributed by atoms with van der Waals surface area (Å²) in [5.74, 6) is -0.889. The van der Waals surface area contributed by atoms with Gasteiger partial charge in [0.15, 0.2) is 20.2 Å². The molecule has 0 radical (unpaired) electrons. The predicted octanol–water partition coefficient (Wildman–Crippen LogP) is 14.4. The van der Waals surface area contributed by atoms with E-state index in [0.717, 1.165) is 61.3 Å². The second kappa shape index (κ2) is 52.3. The number of amides is 2. The van der Waals surface area contributed by atoms with E-state index in [0.29, 0.717) is 67.3 Å². The summed E-state index contributed by atoms with van der Waals surface area (Å²) in [7, 11) is -5.43. The van der Waals surface area contributed by atoms with E-state index in [1.165, 1.54) is 99.7 Å². The third-order valence-corrected chi connectivity index (χ3v) is 18.1. The smallest absolute Gasteiger partial charge is 0.872 e. The Kier molecular flexibility index (Phi) is 49.8. The van der Waals surface area contributed by atoms with Crippen LogP contribution in [0.3, 0.4) is 0 Å². The van der Waals surface area contributed by atoms with Gasteiger partial charge in [-0.3, -0.25) is 29.6 Å². The van der Waals surface area contributed by atoms with E-state index in [4.69, 9.17) is 68.8 Å². The van der Waals surface area contributed by atoms with Crippen molar-refractivity contribution >= 4 is 80.7 Å². The van der Waals surface area contributed by atoms with Gasteiger partial charge >= 0.3 is 44.6 Å². The summed E-state index contributed by atoms with van der Waals surface area (Å²) in [4.78, 5) is 41.0. The number of rotatable bonds is 18. The normalized spacial score (nSPS) is 12.2. The van der Waals surface area contributed by atoms with Crippen LogP contribution in [-0.2, 0) is 97.9 Å². The largest absolute Gasteiger partial charge is 3.00 e. The molecule has 0 saturated heterocycles. The summed E-state index contributed by atoms with van der Waals surface area (Å²) < 4.78 is 118. The molecule has 0 atom stereocenters. The molecule has 0 saturated carbocycles. The first-order valence-electron chi connectivity index (χ1n) is 37.5. The summed E-state index contributed by atoms with van der Waals surface area (Å²) >= 11 is 0. The Hall–Kier alpha value is -7.61. The molecule has 0 spiro atoms. The minimum absolute atomic E-state index is 0. The predicted molar refractivity (Wildman–Crippen MR) is 438 cm³/mol. The van der Waals surface area contributed by atoms with Crippen LogP contribution in [0, 0.1) is 0 Å². The third kappa shape index (κ3) is 41.7. The molecule has 0 unspecified atom stereocenters. The first kappa shape index (κ1) is 110. The monoisotopic (exact) mass is 1750 g/mol. The van der Waals surface area contributed by atoms with Gasteiger partial charge in [-0.05, 0) is 155 Å². The maximum atomic E-state index is 14.4. The van der Waals surface area contributed by atoms with E-state index in [2.05, 4.69) is 83.1 Å². The molecule has 32 heteroatoms. The maximum absolute atomic E-state index is 14.4. The zero-order valence-electron chi connectivity index (χ0n) is 69.5. The summed E-state index contributed by atoms with van der Waals surface area (Å²) in [6.45, 7) is 28.4. The molecular formula is C84H118Co2F6N10O12S2. The van der Waals surface area contributed by atoms with Crippen LogP contribution in [0.5, 0.6) is 23.0 Å². The van der Waals surface area contributed by atoms with Gasteiger partial charge in [-0.15, -0.1) is 0 Å². The number of carbonyl (C=O) groups is 2. The SMILES string of the molecule is CC(C)(C)c1cc2c([O-])c(c1)Cc1cc(C(C)(C)C)cc(c1[O-])C=Nc1ccccc1N=Cc1cc(C(C)(C)C)cc(c1[O-])Cc1cc(C(C)(C)C)cc(c1[O-])C=Nc1ccccc1N=C2.CN(C)C=O.CN(C)C=O.NCCCCCCCCCN.NCCCCCCCCCN.O=S(=O)([O-])C(F)(F)F.O=S(=O)([O-])C(F)(F)F.[Co+3].[Co+3]. The average molecular weight is 1760 g/mol. The second-order valence-corrected chi connectivity index (χ2v) is 34.4. The molecule has 2 amide bonds. The van der Waals surface area contributed by atoms with Crippen LogP contribution in [0.25, 0.3) is 0 Å². The van der Waals surface area contributed by atoms with Gasteiger partial charge < -0.3 is 62.3 Å². The van der Waals surface area contributed by atoms with Crippen LogP contribution in [0.4, 0.5) is 49.1 Å². The zero-order chi connectivity index (χ0) is 87.2.